The van der Waals surface area contributed by atoms with Crippen molar-refractivity contribution in [1.82, 2.24) is 0 Å². The molecule has 2 rings (SSSR count). The van der Waals surface area contributed by atoms with Crippen molar-refractivity contribution in [3.63, 3.8) is 0 Å². The third kappa shape index (κ3) is 4.09. The summed E-state index contributed by atoms with van der Waals surface area (Å²) in [6, 6.07) is 12.4. The maximum Gasteiger partial charge on any atom is 0.243 e. The quantitative estimate of drug-likeness (QED) is 0.822. The molecule has 1 amide bonds. The van der Waals surface area contributed by atoms with Crippen molar-refractivity contribution < 1.29 is 9.59 Å². The summed E-state index contributed by atoms with van der Waals surface area (Å²) >= 11 is 6.02. The first-order valence-corrected chi connectivity index (χ1v) is 7.25. The molecule has 0 aromatic heterocycles. The van der Waals surface area contributed by atoms with Crippen molar-refractivity contribution >= 4 is 34.7 Å². The minimum Gasteiger partial charge on any atom is -0.376 e. The molecule has 0 aliphatic heterocycles. The molecule has 22 heavy (non-hydrogen) atoms. The maximum absolute atomic E-state index is 12.0. The van der Waals surface area contributed by atoms with Crippen LogP contribution in [0.25, 0.3) is 0 Å². The number of ketones is 1. The highest BCUT2D eigenvalue weighted by atomic mass is 35.5. The fourth-order valence-electron chi connectivity index (χ4n) is 1.97. The van der Waals surface area contributed by atoms with Crippen LogP contribution < -0.4 is 10.6 Å². The second-order valence-corrected chi connectivity index (χ2v) is 5.36. The molecule has 0 bridgehead atoms. The van der Waals surface area contributed by atoms with Gasteiger partial charge in [-0.05, 0) is 43.7 Å². The minimum atomic E-state index is -0.182. The van der Waals surface area contributed by atoms with E-state index in [2.05, 4.69) is 10.6 Å². The van der Waals surface area contributed by atoms with Crippen molar-refractivity contribution in [3.8, 4) is 0 Å². The van der Waals surface area contributed by atoms with Gasteiger partial charge in [-0.1, -0.05) is 29.8 Å². The molecule has 0 spiro atoms. The zero-order valence-electron chi connectivity index (χ0n) is 12.4. The summed E-state index contributed by atoms with van der Waals surface area (Å²) in [7, 11) is 0. The molecule has 114 valence electrons. The highest BCUT2D eigenvalue weighted by Gasteiger charge is 2.07. The third-order valence-corrected chi connectivity index (χ3v) is 3.67. The Hall–Kier alpha value is -2.33. The van der Waals surface area contributed by atoms with Gasteiger partial charge in [0.05, 0.1) is 6.54 Å². The van der Waals surface area contributed by atoms with Crippen molar-refractivity contribution in [2.24, 2.45) is 0 Å². The van der Waals surface area contributed by atoms with E-state index >= 15 is 0 Å². The molecule has 0 fully saturated rings. The lowest BCUT2D eigenvalue weighted by Gasteiger charge is -2.11. The molecular formula is C17H17ClN2O2. The van der Waals surface area contributed by atoms with Gasteiger partial charge in [-0.25, -0.2) is 0 Å². The number of amides is 1. The van der Waals surface area contributed by atoms with E-state index in [-0.39, 0.29) is 18.2 Å². The van der Waals surface area contributed by atoms with Gasteiger partial charge in [0.1, 0.15) is 0 Å². The maximum atomic E-state index is 12.0. The van der Waals surface area contributed by atoms with Gasteiger partial charge in [-0.2, -0.15) is 0 Å². The van der Waals surface area contributed by atoms with E-state index in [1.165, 1.54) is 6.92 Å². The Morgan fingerprint density at radius 2 is 1.86 bits per heavy atom. The van der Waals surface area contributed by atoms with Crippen LogP contribution in [-0.2, 0) is 4.79 Å². The lowest BCUT2D eigenvalue weighted by atomic mass is 10.1. The predicted octanol–water partition coefficient (Wildman–Crippen LogP) is 3.90. The van der Waals surface area contributed by atoms with Crippen LogP contribution in [0.4, 0.5) is 11.4 Å². The Morgan fingerprint density at radius 3 is 2.59 bits per heavy atom. The van der Waals surface area contributed by atoms with Gasteiger partial charge < -0.3 is 10.6 Å². The summed E-state index contributed by atoms with van der Waals surface area (Å²) in [6.07, 6.45) is 0. The molecule has 2 aromatic carbocycles. The molecule has 4 nitrogen and oxygen atoms in total. The van der Waals surface area contributed by atoms with Crippen molar-refractivity contribution in [2.45, 2.75) is 13.8 Å². The number of carbonyl (C=O) groups is 2. The van der Waals surface area contributed by atoms with Crippen LogP contribution >= 0.6 is 11.6 Å². The van der Waals surface area contributed by atoms with E-state index in [1.54, 1.807) is 36.4 Å². The fraction of sp³-hybridized carbons (Fsp3) is 0.176. The van der Waals surface area contributed by atoms with E-state index in [9.17, 15) is 9.59 Å². The topological polar surface area (TPSA) is 58.2 Å². The summed E-state index contributed by atoms with van der Waals surface area (Å²) in [4.78, 5) is 23.3. The molecule has 0 unspecified atom stereocenters. The number of nitrogens with one attached hydrogen (secondary N) is 2. The molecule has 0 saturated carbocycles. The smallest absolute Gasteiger partial charge is 0.243 e. The number of anilines is 2. The summed E-state index contributed by atoms with van der Waals surface area (Å²) in [5.41, 5.74) is 2.86. The number of halogens is 1. The fourth-order valence-corrected chi connectivity index (χ4v) is 2.14. The summed E-state index contributed by atoms with van der Waals surface area (Å²) in [5.74, 6) is -0.193. The highest BCUT2D eigenvalue weighted by molar-refractivity contribution is 6.31. The van der Waals surface area contributed by atoms with Crippen molar-refractivity contribution in [3.05, 3.63) is 58.6 Å². The molecule has 0 saturated heterocycles. The highest BCUT2D eigenvalue weighted by Crippen LogP contribution is 2.22. The molecule has 2 N–H and O–H groups in total. The van der Waals surface area contributed by atoms with E-state index in [4.69, 9.17) is 11.6 Å². The Morgan fingerprint density at radius 1 is 1.14 bits per heavy atom. The average molecular weight is 317 g/mol. The normalized spacial score (nSPS) is 10.1. The first-order chi connectivity index (χ1) is 10.5. The van der Waals surface area contributed by atoms with Crippen LogP contribution in [0.15, 0.2) is 42.5 Å². The molecule has 5 heteroatoms. The van der Waals surface area contributed by atoms with E-state index in [0.717, 1.165) is 11.3 Å². The molecule has 0 aliphatic carbocycles. The lowest BCUT2D eigenvalue weighted by Crippen LogP contribution is -2.22. The Bertz CT molecular complexity index is 714. The van der Waals surface area contributed by atoms with E-state index in [1.807, 2.05) is 13.0 Å². The van der Waals surface area contributed by atoms with Gasteiger partial charge in [0.2, 0.25) is 5.91 Å². The van der Waals surface area contributed by atoms with Crippen LogP contribution in [0.1, 0.15) is 22.8 Å². The number of hydrogen-bond donors (Lipinski definition) is 2. The predicted molar refractivity (Wildman–Crippen MR) is 89.8 cm³/mol. The molecule has 0 aliphatic rings. The largest absolute Gasteiger partial charge is 0.376 e. The van der Waals surface area contributed by atoms with Crippen LogP contribution in [0.3, 0.4) is 0 Å². The Kier molecular flexibility index (Phi) is 5.17. The molecule has 0 heterocycles. The van der Waals surface area contributed by atoms with E-state index < -0.39 is 0 Å². The zero-order chi connectivity index (χ0) is 16.1. The minimum absolute atomic E-state index is 0.0114. The SMILES string of the molecule is CC(=O)c1cccc(NCC(=O)Nc2cccc(Cl)c2C)c1. The standard InChI is InChI=1S/C17H17ClN2O2/c1-11-15(18)7-4-8-16(11)20-17(22)10-19-14-6-3-5-13(9-14)12(2)21/h3-9,19H,10H2,1-2H3,(H,20,22). The molecule has 0 atom stereocenters. The molecule has 2 aromatic rings. The van der Waals surface area contributed by atoms with Crippen LogP contribution in [0.2, 0.25) is 5.02 Å². The second-order valence-electron chi connectivity index (χ2n) is 4.95. The van der Waals surface area contributed by atoms with Crippen LogP contribution in [0.5, 0.6) is 0 Å². The first kappa shape index (κ1) is 16.0. The number of rotatable bonds is 5. The number of benzene rings is 2. The van der Waals surface area contributed by atoms with Gasteiger partial charge in [0, 0.05) is 22.0 Å². The number of carbonyl (C=O) groups excluding carboxylic acids is 2. The van der Waals surface area contributed by atoms with Gasteiger partial charge >= 0.3 is 0 Å². The number of Topliss-reactive ketones (excluding diaryl/α,β-unsaturated/α-hetero) is 1. The Balaban J connectivity index is 1.97. The average Bonchev–Trinajstić information content (AvgIpc) is 2.50. The lowest BCUT2D eigenvalue weighted by molar-refractivity contribution is -0.114. The zero-order valence-corrected chi connectivity index (χ0v) is 13.2. The molecule has 0 radical (unpaired) electrons. The summed E-state index contributed by atoms with van der Waals surface area (Å²) in [6.45, 7) is 3.46. The first-order valence-electron chi connectivity index (χ1n) is 6.87. The van der Waals surface area contributed by atoms with Gasteiger partial charge in [0.25, 0.3) is 0 Å². The Labute approximate surface area is 134 Å². The van der Waals surface area contributed by atoms with Crippen molar-refractivity contribution in [1.29, 1.82) is 0 Å². The summed E-state index contributed by atoms with van der Waals surface area (Å²) in [5, 5.41) is 6.41. The van der Waals surface area contributed by atoms with Gasteiger partial charge in [-0.3, -0.25) is 9.59 Å². The third-order valence-electron chi connectivity index (χ3n) is 3.26. The summed E-state index contributed by atoms with van der Waals surface area (Å²) < 4.78 is 0. The monoisotopic (exact) mass is 316 g/mol. The molecular weight excluding hydrogens is 300 g/mol. The van der Waals surface area contributed by atoms with E-state index in [0.29, 0.717) is 16.3 Å². The number of hydrogen-bond acceptors (Lipinski definition) is 3. The van der Waals surface area contributed by atoms with Gasteiger partial charge in [0.15, 0.2) is 5.78 Å². The second kappa shape index (κ2) is 7.09. The van der Waals surface area contributed by atoms with Crippen molar-refractivity contribution in [2.75, 3.05) is 17.2 Å². The van der Waals surface area contributed by atoms with Crippen LogP contribution in [-0.4, -0.2) is 18.2 Å². The van der Waals surface area contributed by atoms with Gasteiger partial charge in [-0.15, -0.1) is 0 Å². The van der Waals surface area contributed by atoms with Crippen LogP contribution in [0, 0.1) is 6.92 Å².